The van der Waals surface area contributed by atoms with Crippen LogP contribution in [0, 0.1) is 6.92 Å². The van der Waals surface area contributed by atoms with E-state index in [1.165, 1.54) is 5.56 Å². The zero-order valence-corrected chi connectivity index (χ0v) is 18.1. The van der Waals surface area contributed by atoms with Crippen LogP contribution in [-0.2, 0) is 10.2 Å². The molecule has 156 valence electrons. The van der Waals surface area contributed by atoms with Gasteiger partial charge in [-0.25, -0.2) is 0 Å². The predicted molar refractivity (Wildman–Crippen MR) is 116 cm³/mol. The summed E-state index contributed by atoms with van der Waals surface area (Å²) in [7, 11) is 1.62. The van der Waals surface area contributed by atoms with Crippen molar-refractivity contribution in [1.82, 2.24) is 10.1 Å². The van der Waals surface area contributed by atoms with Crippen LogP contribution in [0.2, 0.25) is 0 Å². The van der Waals surface area contributed by atoms with E-state index in [0.29, 0.717) is 24.7 Å². The Morgan fingerprint density at radius 1 is 1.13 bits per heavy atom. The molecule has 0 aliphatic carbocycles. The number of ether oxygens (including phenoxy) is 1. The van der Waals surface area contributed by atoms with Crippen molar-refractivity contribution in [3.63, 3.8) is 0 Å². The average Bonchev–Trinajstić information content (AvgIpc) is 3.35. The van der Waals surface area contributed by atoms with Gasteiger partial charge in [0.25, 0.3) is 0 Å². The molecule has 0 radical (unpaired) electrons. The summed E-state index contributed by atoms with van der Waals surface area (Å²) >= 11 is 0. The van der Waals surface area contributed by atoms with Gasteiger partial charge in [-0.15, -0.1) is 0 Å². The highest BCUT2D eigenvalue weighted by atomic mass is 16.5. The molecule has 1 fully saturated rings. The van der Waals surface area contributed by atoms with Gasteiger partial charge in [-0.3, -0.25) is 4.79 Å². The maximum atomic E-state index is 12.7. The number of aromatic nitrogens is 2. The van der Waals surface area contributed by atoms with Crippen molar-refractivity contribution in [3.8, 4) is 17.1 Å². The molecule has 0 bridgehead atoms. The van der Waals surface area contributed by atoms with E-state index < -0.39 is 0 Å². The first-order chi connectivity index (χ1) is 14.3. The van der Waals surface area contributed by atoms with Gasteiger partial charge >= 0.3 is 0 Å². The second kappa shape index (κ2) is 7.59. The lowest BCUT2D eigenvalue weighted by Crippen LogP contribution is -2.25. The number of carbonyl (C=O) groups excluding carboxylic acids is 1. The maximum Gasteiger partial charge on any atom is 0.232 e. The van der Waals surface area contributed by atoms with Crippen molar-refractivity contribution in [1.29, 1.82) is 0 Å². The minimum absolute atomic E-state index is 0.0469. The lowest BCUT2D eigenvalue weighted by Gasteiger charge is -2.19. The molecular formula is C24H27N3O3. The Morgan fingerprint density at radius 3 is 2.53 bits per heavy atom. The Labute approximate surface area is 176 Å². The van der Waals surface area contributed by atoms with E-state index in [9.17, 15) is 4.79 Å². The highest BCUT2D eigenvalue weighted by Crippen LogP contribution is 2.35. The third kappa shape index (κ3) is 3.82. The van der Waals surface area contributed by atoms with Gasteiger partial charge < -0.3 is 14.2 Å². The molecule has 1 unspecified atom stereocenters. The quantitative estimate of drug-likeness (QED) is 0.619. The minimum atomic E-state index is -0.127. The molecule has 1 aliphatic heterocycles. The van der Waals surface area contributed by atoms with Crippen molar-refractivity contribution >= 4 is 11.6 Å². The lowest BCUT2D eigenvalue weighted by atomic mass is 9.87. The molecule has 0 N–H and O–H groups in total. The van der Waals surface area contributed by atoms with Crippen LogP contribution in [0.3, 0.4) is 0 Å². The molecule has 1 aliphatic rings. The maximum absolute atomic E-state index is 12.7. The minimum Gasteiger partial charge on any atom is -0.497 e. The van der Waals surface area contributed by atoms with Gasteiger partial charge in [0.05, 0.1) is 18.7 Å². The Bertz CT molecular complexity index is 1060. The molecule has 4 rings (SSSR count). The summed E-state index contributed by atoms with van der Waals surface area (Å²) in [6.45, 7) is 9.04. The number of nitrogens with zero attached hydrogens (tertiary/aromatic N) is 3. The molecule has 3 aromatic rings. The molecular weight excluding hydrogens is 378 g/mol. The molecule has 30 heavy (non-hydrogen) atoms. The van der Waals surface area contributed by atoms with Crippen LogP contribution < -0.4 is 9.64 Å². The first kappa shape index (κ1) is 20.1. The summed E-state index contributed by atoms with van der Waals surface area (Å²) in [4.78, 5) is 19.1. The van der Waals surface area contributed by atoms with Crippen molar-refractivity contribution in [3.05, 3.63) is 59.5 Å². The second-order valence-electron chi connectivity index (χ2n) is 8.84. The monoisotopic (exact) mass is 405 g/mol. The molecule has 6 heteroatoms. The zero-order chi connectivity index (χ0) is 21.5. The number of anilines is 1. The Kier molecular flexibility index (Phi) is 5.10. The Morgan fingerprint density at radius 2 is 1.87 bits per heavy atom. The number of carbonyl (C=O) groups is 1. The standard InChI is InChI=1S/C24H27N3O3/c1-15-6-11-19(29-5)13-20(15)27-14-17(12-21(27)28)23-25-22(26-30-23)16-7-9-18(10-8-16)24(2,3)4/h6-11,13,17H,12,14H2,1-5H3. The summed E-state index contributed by atoms with van der Waals surface area (Å²) in [6, 6.07) is 14.0. The van der Waals surface area contributed by atoms with Crippen molar-refractivity contribution < 1.29 is 14.1 Å². The molecule has 2 heterocycles. The fourth-order valence-corrected chi connectivity index (χ4v) is 3.75. The number of aryl methyl sites for hydroxylation is 1. The molecule has 1 amide bonds. The highest BCUT2D eigenvalue weighted by molar-refractivity contribution is 5.97. The van der Waals surface area contributed by atoms with Crippen LogP contribution in [-0.4, -0.2) is 29.7 Å². The van der Waals surface area contributed by atoms with Crippen LogP contribution in [0.15, 0.2) is 47.0 Å². The predicted octanol–water partition coefficient (Wildman–Crippen LogP) is 4.87. The topological polar surface area (TPSA) is 68.5 Å². The average molecular weight is 405 g/mol. The number of methoxy groups -OCH3 is 1. The van der Waals surface area contributed by atoms with Gasteiger partial charge in [0.15, 0.2) is 0 Å². The van der Waals surface area contributed by atoms with Crippen LogP contribution in [0.5, 0.6) is 5.75 Å². The summed E-state index contributed by atoms with van der Waals surface area (Å²) in [5.74, 6) is 1.70. The zero-order valence-electron chi connectivity index (χ0n) is 18.1. The lowest BCUT2D eigenvalue weighted by molar-refractivity contribution is -0.117. The number of benzene rings is 2. The number of hydrogen-bond donors (Lipinski definition) is 0. The first-order valence-electron chi connectivity index (χ1n) is 10.2. The smallest absolute Gasteiger partial charge is 0.232 e. The largest absolute Gasteiger partial charge is 0.497 e. The SMILES string of the molecule is COc1ccc(C)c(N2CC(c3nc(-c4ccc(C(C)(C)C)cc4)no3)CC2=O)c1. The van der Waals surface area contributed by atoms with Gasteiger partial charge in [0, 0.05) is 24.6 Å². The Hall–Kier alpha value is -3.15. The van der Waals surface area contributed by atoms with E-state index in [2.05, 4.69) is 43.0 Å². The third-order valence-corrected chi connectivity index (χ3v) is 5.63. The van der Waals surface area contributed by atoms with Crippen LogP contribution in [0.1, 0.15) is 50.1 Å². The van der Waals surface area contributed by atoms with Crippen molar-refractivity contribution in [2.45, 2.75) is 45.4 Å². The summed E-state index contributed by atoms with van der Waals surface area (Å²) in [5.41, 5.74) is 4.13. The van der Waals surface area contributed by atoms with E-state index in [4.69, 9.17) is 9.26 Å². The third-order valence-electron chi connectivity index (χ3n) is 5.63. The van der Waals surface area contributed by atoms with Gasteiger partial charge in [-0.2, -0.15) is 4.98 Å². The van der Waals surface area contributed by atoms with Crippen molar-refractivity contribution in [2.24, 2.45) is 0 Å². The van der Waals surface area contributed by atoms with Gasteiger partial charge in [-0.1, -0.05) is 56.3 Å². The number of amides is 1. The van der Waals surface area contributed by atoms with E-state index in [1.54, 1.807) is 12.0 Å². The molecule has 1 saturated heterocycles. The molecule has 6 nitrogen and oxygen atoms in total. The van der Waals surface area contributed by atoms with E-state index in [0.717, 1.165) is 22.6 Å². The first-order valence-corrected chi connectivity index (χ1v) is 10.2. The molecule has 0 saturated carbocycles. The van der Waals surface area contributed by atoms with Gasteiger partial charge in [0.1, 0.15) is 5.75 Å². The highest BCUT2D eigenvalue weighted by Gasteiger charge is 2.36. The number of rotatable bonds is 4. The van der Waals surface area contributed by atoms with Crippen LogP contribution in [0.25, 0.3) is 11.4 Å². The second-order valence-corrected chi connectivity index (χ2v) is 8.84. The fraction of sp³-hybridized carbons (Fsp3) is 0.375. The molecule has 1 aromatic heterocycles. The van der Waals surface area contributed by atoms with Gasteiger partial charge in [0.2, 0.25) is 17.6 Å². The van der Waals surface area contributed by atoms with Gasteiger partial charge in [-0.05, 0) is 29.5 Å². The van der Waals surface area contributed by atoms with E-state index in [1.807, 2.05) is 37.3 Å². The fourth-order valence-electron chi connectivity index (χ4n) is 3.75. The van der Waals surface area contributed by atoms with Crippen molar-refractivity contribution in [2.75, 3.05) is 18.6 Å². The van der Waals surface area contributed by atoms with E-state index >= 15 is 0 Å². The summed E-state index contributed by atoms with van der Waals surface area (Å²) < 4.78 is 10.9. The van der Waals surface area contributed by atoms with E-state index in [-0.39, 0.29) is 17.2 Å². The summed E-state index contributed by atoms with van der Waals surface area (Å²) in [5, 5.41) is 4.15. The number of hydrogen-bond acceptors (Lipinski definition) is 5. The molecule has 0 spiro atoms. The van der Waals surface area contributed by atoms with Crippen LogP contribution in [0.4, 0.5) is 5.69 Å². The van der Waals surface area contributed by atoms with Crippen LogP contribution >= 0.6 is 0 Å². The Balaban J connectivity index is 1.54. The normalized spacial score (nSPS) is 16.9. The molecule has 1 atom stereocenters. The summed E-state index contributed by atoms with van der Waals surface area (Å²) in [6.07, 6.45) is 0.348. The molecule has 2 aromatic carbocycles.